The van der Waals surface area contributed by atoms with Gasteiger partial charge in [-0.25, -0.2) is 4.79 Å². The first-order chi connectivity index (χ1) is 9.93. The molecule has 1 heterocycles. The van der Waals surface area contributed by atoms with Gasteiger partial charge in [0.1, 0.15) is 11.9 Å². The number of unbranched alkanes of at least 4 members (excludes halogenated alkanes) is 1. The second-order valence-electron chi connectivity index (χ2n) is 4.74. The number of amidine groups is 1. The fourth-order valence-corrected chi connectivity index (χ4v) is 2.14. The van der Waals surface area contributed by atoms with Gasteiger partial charge in [-0.15, -0.1) is 0 Å². The van der Waals surface area contributed by atoms with Gasteiger partial charge >= 0.3 is 12.2 Å². The Kier molecular flexibility index (Phi) is 4.50. The van der Waals surface area contributed by atoms with Crippen molar-refractivity contribution in [1.82, 2.24) is 10.6 Å². The number of hydrogen-bond acceptors (Lipinski definition) is 2. The van der Waals surface area contributed by atoms with E-state index in [1.807, 2.05) is 6.92 Å². The number of amides is 2. The molecule has 0 bridgehead atoms. The first-order valence-electron chi connectivity index (χ1n) is 6.71. The van der Waals surface area contributed by atoms with E-state index in [4.69, 9.17) is 0 Å². The van der Waals surface area contributed by atoms with Crippen LogP contribution < -0.4 is 10.6 Å². The van der Waals surface area contributed by atoms with Crippen LogP contribution in [0.1, 0.15) is 36.9 Å². The molecule has 0 aliphatic carbocycles. The number of rotatable bonds is 4. The highest BCUT2D eigenvalue weighted by atomic mass is 19.4. The lowest BCUT2D eigenvalue weighted by Crippen LogP contribution is -2.24. The van der Waals surface area contributed by atoms with Gasteiger partial charge < -0.3 is 5.32 Å². The number of benzene rings is 1. The molecule has 1 aliphatic heterocycles. The van der Waals surface area contributed by atoms with E-state index < -0.39 is 23.8 Å². The van der Waals surface area contributed by atoms with Gasteiger partial charge in [0.2, 0.25) is 0 Å². The molecular weight excluding hydrogens is 283 g/mol. The summed E-state index contributed by atoms with van der Waals surface area (Å²) in [6.45, 7) is 2.46. The Bertz CT molecular complexity index is 555. The van der Waals surface area contributed by atoms with Gasteiger partial charge in [-0.3, -0.25) is 10.3 Å². The minimum atomic E-state index is -4.47. The predicted molar refractivity (Wildman–Crippen MR) is 73.1 cm³/mol. The topological polar surface area (TPSA) is 53.5 Å². The number of carbonyl (C=O) groups excluding carboxylic acids is 1. The van der Waals surface area contributed by atoms with Crippen molar-refractivity contribution in [2.75, 3.05) is 6.54 Å². The zero-order valence-corrected chi connectivity index (χ0v) is 11.5. The predicted octanol–water partition coefficient (Wildman–Crippen LogP) is 3.26. The second-order valence-corrected chi connectivity index (χ2v) is 4.74. The molecule has 1 atom stereocenters. The van der Waals surface area contributed by atoms with Crippen LogP contribution in [0.15, 0.2) is 29.3 Å². The van der Waals surface area contributed by atoms with Crippen molar-refractivity contribution in [3.63, 3.8) is 0 Å². The van der Waals surface area contributed by atoms with E-state index in [0.717, 1.165) is 18.9 Å². The number of nitrogens with zero attached hydrogens (tertiary/aromatic N) is 1. The number of urea groups is 1. The quantitative estimate of drug-likeness (QED) is 0.824. The van der Waals surface area contributed by atoms with Crippen LogP contribution in [0.3, 0.4) is 0 Å². The number of hydrogen-bond donors (Lipinski definition) is 2. The Morgan fingerprint density at radius 3 is 2.67 bits per heavy atom. The molecule has 2 amide bonds. The molecule has 0 aromatic heterocycles. The summed E-state index contributed by atoms with van der Waals surface area (Å²) in [7, 11) is 0. The summed E-state index contributed by atoms with van der Waals surface area (Å²) >= 11 is 0. The zero-order chi connectivity index (χ0) is 15.5. The summed E-state index contributed by atoms with van der Waals surface area (Å²) in [6.07, 6.45) is -2.74. The lowest BCUT2D eigenvalue weighted by molar-refractivity contribution is -0.138. The highest BCUT2D eigenvalue weighted by Gasteiger charge is 2.38. The number of alkyl halides is 3. The molecule has 1 unspecified atom stereocenters. The lowest BCUT2D eigenvalue weighted by atomic mass is 9.99. The maximum atomic E-state index is 13.1. The fourth-order valence-electron chi connectivity index (χ4n) is 2.14. The molecule has 0 saturated carbocycles. The van der Waals surface area contributed by atoms with Crippen LogP contribution in [0.5, 0.6) is 0 Å². The van der Waals surface area contributed by atoms with Gasteiger partial charge in [0.25, 0.3) is 0 Å². The Morgan fingerprint density at radius 2 is 2.00 bits per heavy atom. The highest BCUT2D eigenvalue weighted by molar-refractivity contribution is 6.07. The minimum Gasteiger partial charge on any atom is -0.324 e. The molecule has 1 aromatic carbocycles. The first-order valence-corrected chi connectivity index (χ1v) is 6.71. The van der Waals surface area contributed by atoms with E-state index >= 15 is 0 Å². The third-order valence-electron chi connectivity index (χ3n) is 3.16. The molecule has 2 rings (SSSR count). The monoisotopic (exact) mass is 299 g/mol. The van der Waals surface area contributed by atoms with Crippen molar-refractivity contribution in [2.45, 2.75) is 32.0 Å². The Labute approximate surface area is 120 Å². The Morgan fingerprint density at radius 1 is 1.29 bits per heavy atom. The van der Waals surface area contributed by atoms with Crippen LogP contribution in [0, 0.1) is 0 Å². The van der Waals surface area contributed by atoms with Gasteiger partial charge in [0.15, 0.2) is 0 Å². The van der Waals surface area contributed by atoms with Crippen molar-refractivity contribution in [3.8, 4) is 0 Å². The molecule has 114 valence electrons. The van der Waals surface area contributed by atoms with E-state index in [1.54, 1.807) is 0 Å². The molecule has 7 heteroatoms. The molecule has 0 spiro atoms. The van der Waals surface area contributed by atoms with E-state index in [2.05, 4.69) is 15.6 Å². The van der Waals surface area contributed by atoms with Crippen molar-refractivity contribution < 1.29 is 18.0 Å². The minimum absolute atomic E-state index is 0.00130. The van der Waals surface area contributed by atoms with Crippen LogP contribution in [0.2, 0.25) is 0 Å². The van der Waals surface area contributed by atoms with Crippen LogP contribution in [-0.4, -0.2) is 18.4 Å². The van der Waals surface area contributed by atoms with E-state index in [9.17, 15) is 18.0 Å². The third-order valence-corrected chi connectivity index (χ3v) is 3.16. The van der Waals surface area contributed by atoms with Crippen LogP contribution >= 0.6 is 0 Å². The van der Waals surface area contributed by atoms with Crippen molar-refractivity contribution in [3.05, 3.63) is 35.4 Å². The number of carbonyl (C=O) groups is 1. The number of aliphatic imine (C=N–C) groups is 1. The molecule has 1 saturated heterocycles. The third kappa shape index (κ3) is 3.53. The molecule has 0 radical (unpaired) electrons. The smallest absolute Gasteiger partial charge is 0.324 e. The van der Waals surface area contributed by atoms with Gasteiger partial charge in [-0.2, -0.15) is 13.2 Å². The summed E-state index contributed by atoms with van der Waals surface area (Å²) in [5.41, 5.74) is -0.763. The van der Waals surface area contributed by atoms with E-state index in [-0.39, 0.29) is 11.4 Å². The van der Waals surface area contributed by atoms with E-state index in [0.29, 0.717) is 6.54 Å². The molecule has 1 aromatic rings. The van der Waals surface area contributed by atoms with Gasteiger partial charge in [-0.05, 0) is 18.1 Å². The second kappa shape index (κ2) is 6.15. The molecular formula is C14H16F3N3O. The summed E-state index contributed by atoms with van der Waals surface area (Å²) in [4.78, 5) is 15.6. The van der Waals surface area contributed by atoms with Gasteiger partial charge in [-0.1, -0.05) is 31.5 Å². The highest BCUT2D eigenvalue weighted by Crippen LogP contribution is 2.35. The van der Waals surface area contributed by atoms with Crippen LogP contribution in [0.25, 0.3) is 0 Å². The SMILES string of the molecule is CCCCN=C1NC(=O)NC1c1ccccc1C(F)(F)F. The van der Waals surface area contributed by atoms with Crippen molar-refractivity contribution >= 4 is 11.9 Å². The largest absolute Gasteiger partial charge is 0.416 e. The van der Waals surface area contributed by atoms with E-state index in [1.165, 1.54) is 18.2 Å². The average molecular weight is 299 g/mol. The molecule has 1 aliphatic rings. The summed E-state index contributed by atoms with van der Waals surface area (Å²) in [5, 5.41) is 4.95. The molecule has 4 nitrogen and oxygen atoms in total. The van der Waals surface area contributed by atoms with Crippen LogP contribution in [-0.2, 0) is 6.18 Å². The zero-order valence-electron chi connectivity index (χ0n) is 11.5. The normalized spacial score (nSPS) is 20.5. The van der Waals surface area contributed by atoms with Gasteiger partial charge in [0.05, 0.1) is 5.56 Å². The standard InChI is InChI=1S/C14H16F3N3O/c1-2-3-8-18-12-11(19-13(21)20-12)9-6-4-5-7-10(9)14(15,16)17/h4-7,11H,2-3,8H2,1H3,(H2,18,19,20,21). The molecule has 1 fully saturated rings. The maximum absolute atomic E-state index is 13.1. The lowest BCUT2D eigenvalue weighted by Gasteiger charge is -2.17. The van der Waals surface area contributed by atoms with Crippen LogP contribution in [0.4, 0.5) is 18.0 Å². The summed E-state index contributed by atoms with van der Waals surface area (Å²) in [5.74, 6) is 0.241. The first kappa shape index (κ1) is 15.3. The number of nitrogens with one attached hydrogen (secondary N) is 2. The van der Waals surface area contributed by atoms with Gasteiger partial charge in [0, 0.05) is 6.54 Å². The summed E-state index contributed by atoms with van der Waals surface area (Å²) in [6, 6.07) is 3.78. The molecule has 2 N–H and O–H groups in total. The Hall–Kier alpha value is -2.05. The fraction of sp³-hybridized carbons (Fsp3) is 0.429. The Balaban J connectivity index is 2.35. The average Bonchev–Trinajstić information content (AvgIpc) is 2.79. The van der Waals surface area contributed by atoms with Crippen molar-refractivity contribution in [1.29, 1.82) is 0 Å². The summed E-state index contributed by atoms with van der Waals surface area (Å²) < 4.78 is 39.2. The van der Waals surface area contributed by atoms with Crippen molar-refractivity contribution in [2.24, 2.45) is 4.99 Å². The maximum Gasteiger partial charge on any atom is 0.416 e. The number of halogens is 3. The molecule has 21 heavy (non-hydrogen) atoms.